The van der Waals surface area contributed by atoms with Crippen molar-refractivity contribution in [2.45, 2.75) is 65.4 Å². The molecule has 126 valence electrons. The molecule has 1 aromatic carbocycles. The molecule has 0 spiro atoms. The van der Waals surface area contributed by atoms with Crippen LogP contribution in [-0.2, 0) is 4.74 Å². The molecule has 1 saturated heterocycles. The number of allylic oxidation sites excluding steroid dienone is 4. The standard InChI is InChI=1S/C22H32O/c1-18(2)9-7-10-19(3)11-8-12-20-15-16-22(23-17-20)21-13-5-4-6-14-21/h4-6,9,11,13-14,20,22H,7-8,10,12,15-17H2,1-3H3/b19-11+. The van der Waals surface area contributed by atoms with Gasteiger partial charge in [-0.3, -0.25) is 0 Å². The minimum Gasteiger partial charge on any atom is -0.373 e. The van der Waals surface area contributed by atoms with Crippen molar-refractivity contribution in [3.63, 3.8) is 0 Å². The molecule has 0 saturated carbocycles. The molecule has 1 aliphatic heterocycles. The molecule has 1 aromatic rings. The van der Waals surface area contributed by atoms with Crippen molar-refractivity contribution < 1.29 is 4.74 Å². The molecular formula is C22H32O. The van der Waals surface area contributed by atoms with E-state index in [9.17, 15) is 0 Å². The molecule has 1 aliphatic rings. The highest BCUT2D eigenvalue weighted by molar-refractivity contribution is 5.17. The third kappa shape index (κ3) is 6.74. The Balaban J connectivity index is 1.66. The molecule has 0 bridgehead atoms. The minimum absolute atomic E-state index is 0.314. The molecule has 0 aliphatic carbocycles. The Labute approximate surface area is 142 Å². The maximum absolute atomic E-state index is 6.10. The zero-order valence-electron chi connectivity index (χ0n) is 15.1. The van der Waals surface area contributed by atoms with Gasteiger partial charge in [0.15, 0.2) is 0 Å². The molecular weight excluding hydrogens is 280 g/mol. The van der Waals surface area contributed by atoms with Crippen molar-refractivity contribution in [3.05, 3.63) is 59.2 Å². The van der Waals surface area contributed by atoms with Crippen LogP contribution in [0.25, 0.3) is 0 Å². The van der Waals surface area contributed by atoms with Crippen molar-refractivity contribution in [1.29, 1.82) is 0 Å². The van der Waals surface area contributed by atoms with E-state index in [2.05, 4.69) is 63.3 Å². The highest BCUT2D eigenvalue weighted by atomic mass is 16.5. The van der Waals surface area contributed by atoms with Crippen LogP contribution in [0.15, 0.2) is 53.6 Å². The van der Waals surface area contributed by atoms with Gasteiger partial charge in [-0.1, -0.05) is 53.6 Å². The number of hydrogen-bond acceptors (Lipinski definition) is 1. The fourth-order valence-corrected chi connectivity index (χ4v) is 3.22. The van der Waals surface area contributed by atoms with E-state index in [1.54, 1.807) is 0 Å². The Kier molecular flexibility index (Phi) is 7.61. The van der Waals surface area contributed by atoms with Crippen LogP contribution in [-0.4, -0.2) is 6.61 Å². The SMILES string of the molecule is CC(C)=CCC/C(C)=C/CCC1CCC(c2ccccc2)OC1. The Morgan fingerprint density at radius 3 is 2.48 bits per heavy atom. The Morgan fingerprint density at radius 1 is 1.04 bits per heavy atom. The molecule has 1 nitrogen and oxygen atoms in total. The summed E-state index contributed by atoms with van der Waals surface area (Å²) in [6.45, 7) is 7.53. The van der Waals surface area contributed by atoms with Gasteiger partial charge in [0.25, 0.3) is 0 Å². The van der Waals surface area contributed by atoms with Gasteiger partial charge in [0.1, 0.15) is 0 Å². The quantitative estimate of drug-likeness (QED) is 0.514. The first kappa shape index (κ1) is 18.0. The maximum Gasteiger partial charge on any atom is 0.0825 e. The van der Waals surface area contributed by atoms with E-state index in [-0.39, 0.29) is 0 Å². The van der Waals surface area contributed by atoms with E-state index in [4.69, 9.17) is 4.74 Å². The van der Waals surface area contributed by atoms with Gasteiger partial charge >= 0.3 is 0 Å². The first-order chi connectivity index (χ1) is 11.1. The second-order valence-electron chi connectivity index (χ2n) is 7.12. The Hall–Kier alpha value is -1.34. The van der Waals surface area contributed by atoms with Crippen molar-refractivity contribution in [2.75, 3.05) is 6.61 Å². The van der Waals surface area contributed by atoms with E-state index < -0.39 is 0 Å². The lowest BCUT2D eigenvalue weighted by atomic mass is 9.91. The highest BCUT2D eigenvalue weighted by Gasteiger charge is 2.22. The molecule has 2 rings (SSSR count). The van der Waals surface area contributed by atoms with E-state index >= 15 is 0 Å². The molecule has 0 N–H and O–H groups in total. The first-order valence-corrected chi connectivity index (χ1v) is 9.10. The third-order valence-electron chi connectivity index (χ3n) is 4.70. The molecule has 2 atom stereocenters. The second kappa shape index (κ2) is 9.72. The average Bonchev–Trinajstić information content (AvgIpc) is 2.56. The summed E-state index contributed by atoms with van der Waals surface area (Å²) in [5.41, 5.74) is 4.28. The third-order valence-corrected chi connectivity index (χ3v) is 4.70. The topological polar surface area (TPSA) is 9.23 Å². The van der Waals surface area contributed by atoms with Gasteiger partial charge in [0.05, 0.1) is 12.7 Å². The van der Waals surface area contributed by atoms with E-state index in [0.717, 1.165) is 18.9 Å². The minimum atomic E-state index is 0.314. The van der Waals surface area contributed by atoms with Crippen molar-refractivity contribution >= 4 is 0 Å². The summed E-state index contributed by atoms with van der Waals surface area (Å²) in [4.78, 5) is 0. The van der Waals surface area contributed by atoms with Crippen LogP contribution in [0.2, 0.25) is 0 Å². The zero-order valence-corrected chi connectivity index (χ0v) is 15.1. The van der Waals surface area contributed by atoms with Crippen LogP contribution in [0.5, 0.6) is 0 Å². The maximum atomic E-state index is 6.10. The molecule has 0 aromatic heterocycles. The van der Waals surface area contributed by atoms with Crippen molar-refractivity contribution in [1.82, 2.24) is 0 Å². The summed E-state index contributed by atoms with van der Waals surface area (Å²) in [6.07, 6.45) is 12.4. The monoisotopic (exact) mass is 312 g/mol. The smallest absolute Gasteiger partial charge is 0.0825 e. The molecule has 2 unspecified atom stereocenters. The van der Waals surface area contributed by atoms with Crippen LogP contribution in [0.3, 0.4) is 0 Å². The molecule has 1 heteroatoms. The second-order valence-corrected chi connectivity index (χ2v) is 7.12. The lowest BCUT2D eigenvalue weighted by Gasteiger charge is -2.29. The molecule has 0 radical (unpaired) electrons. The Bertz CT molecular complexity index is 500. The Morgan fingerprint density at radius 2 is 1.83 bits per heavy atom. The van der Waals surface area contributed by atoms with Gasteiger partial charge in [-0.25, -0.2) is 0 Å². The number of hydrogen-bond donors (Lipinski definition) is 0. The molecule has 0 amide bonds. The summed E-state index contributed by atoms with van der Waals surface area (Å²) in [7, 11) is 0. The van der Waals surface area contributed by atoms with E-state index in [0.29, 0.717) is 6.10 Å². The van der Waals surface area contributed by atoms with Gasteiger partial charge in [-0.15, -0.1) is 0 Å². The van der Waals surface area contributed by atoms with Gasteiger partial charge < -0.3 is 4.74 Å². The van der Waals surface area contributed by atoms with E-state index in [1.807, 2.05) is 0 Å². The largest absolute Gasteiger partial charge is 0.373 e. The average molecular weight is 312 g/mol. The van der Waals surface area contributed by atoms with Crippen LogP contribution in [0, 0.1) is 5.92 Å². The van der Waals surface area contributed by atoms with Crippen molar-refractivity contribution in [3.8, 4) is 0 Å². The number of benzene rings is 1. The fraction of sp³-hybridized carbons (Fsp3) is 0.545. The number of rotatable bonds is 7. The van der Waals surface area contributed by atoms with E-state index in [1.165, 1.54) is 48.8 Å². The summed E-state index contributed by atoms with van der Waals surface area (Å²) in [5.74, 6) is 0.733. The zero-order chi connectivity index (χ0) is 16.5. The van der Waals surface area contributed by atoms with Gasteiger partial charge in [-0.05, 0) is 70.8 Å². The van der Waals surface area contributed by atoms with Crippen molar-refractivity contribution in [2.24, 2.45) is 5.92 Å². The first-order valence-electron chi connectivity index (χ1n) is 9.10. The molecule has 23 heavy (non-hydrogen) atoms. The predicted octanol–water partition coefficient (Wildman–Crippen LogP) is 6.63. The lowest BCUT2D eigenvalue weighted by Crippen LogP contribution is -2.20. The lowest BCUT2D eigenvalue weighted by molar-refractivity contribution is -0.0190. The van der Waals surface area contributed by atoms with Gasteiger partial charge in [0, 0.05) is 0 Å². The summed E-state index contributed by atoms with van der Waals surface area (Å²) in [6, 6.07) is 10.6. The van der Waals surface area contributed by atoms with Crippen LogP contribution in [0.4, 0.5) is 0 Å². The normalized spacial score (nSPS) is 22.0. The number of ether oxygens (including phenoxy) is 1. The van der Waals surface area contributed by atoms with Gasteiger partial charge in [0.2, 0.25) is 0 Å². The van der Waals surface area contributed by atoms with Gasteiger partial charge in [-0.2, -0.15) is 0 Å². The summed E-state index contributed by atoms with van der Waals surface area (Å²) in [5, 5.41) is 0. The molecule has 1 heterocycles. The van der Waals surface area contributed by atoms with Crippen LogP contribution < -0.4 is 0 Å². The molecule has 1 fully saturated rings. The van der Waals surface area contributed by atoms with Crippen LogP contribution >= 0.6 is 0 Å². The summed E-state index contributed by atoms with van der Waals surface area (Å²) < 4.78 is 6.10. The predicted molar refractivity (Wildman–Crippen MR) is 99.5 cm³/mol. The highest BCUT2D eigenvalue weighted by Crippen LogP contribution is 2.32. The van der Waals surface area contributed by atoms with Crippen LogP contribution in [0.1, 0.15) is 71.0 Å². The summed E-state index contributed by atoms with van der Waals surface area (Å²) >= 11 is 0. The fourth-order valence-electron chi connectivity index (χ4n) is 3.22.